The van der Waals surface area contributed by atoms with Gasteiger partial charge in [-0.05, 0) is 43.0 Å². The first-order valence-electron chi connectivity index (χ1n) is 12.7. The second-order valence-electron chi connectivity index (χ2n) is 10.7. The zero-order chi connectivity index (χ0) is 29.0. The van der Waals surface area contributed by atoms with Gasteiger partial charge in [-0.25, -0.2) is 17.8 Å². The molecule has 2 aromatic carbocycles. The highest BCUT2D eigenvalue weighted by molar-refractivity contribution is 7.95. The van der Waals surface area contributed by atoms with Crippen LogP contribution in [0.3, 0.4) is 0 Å². The van der Waals surface area contributed by atoms with Gasteiger partial charge in [-0.15, -0.1) is 0 Å². The number of phenols is 1. The summed E-state index contributed by atoms with van der Waals surface area (Å²) in [5.74, 6) is -1.23. The number of aromatic hydroxyl groups is 1. The molecule has 9 nitrogen and oxygen atoms in total. The van der Waals surface area contributed by atoms with Gasteiger partial charge in [0.15, 0.2) is 21.4 Å². The summed E-state index contributed by atoms with van der Waals surface area (Å²) in [5, 5.41) is 14.0. The maximum Gasteiger partial charge on any atom is 0.281 e. The Kier molecular flexibility index (Phi) is 6.73. The molecule has 3 heterocycles. The van der Waals surface area contributed by atoms with Crippen molar-refractivity contribution in [3.8, 4) is 11.5 Å². The molecule has 0 radical (unpaired) electrons. The molecule has 0 fully saturated rings. The summed E-state index contributed by atoms with van der Waals surface area (Å²) in [7, 11) is -4.05. The number of carbonyl (C=O) groups excluding carboxylic acids is 1. The highest BCUT2D eigenvalue weighted by Crippen LogP contribution is 2.52. The normalized spacial score (nSPS) is 19.2. The van der Waals surface area contributed by atoms with Gasteiger partial charge in [-0.1, -0.05) is 32.6 Å². The Labute approximate surface area is 231 Å². The van der Waals surface area contributed by atoms with Crippen LogP contribution in [-0.4, -0.2) is 36.8 Å². The minimum atomic E-state index is -4.05. The van der Waals surface area contributed by atoms with Gasteiger partial charge in [0.05, 0.1) is 16.3 Å². The Morgan fingerprint density at radius 2 is 2.08 bits per heavy atom. The van der Waals surface area contributed by atoms with Gasteiger partial charge in [0, 0.05) is 24.3 Å². The van der Waals surface area contributed by atoms with Gasteiger partial charge in [-0.2, -0.15) is 0 Å². The van der Waals surface area contributed by atoms with Crippen molar-refractivity contribution >= 4 is 27.1 Å². The number of benzene rings is 2. The maximum absolute atomic E-state index is 16.0. The zero-order valence-corrected chi connectivity index (χ0v) is 23.4. The fraction of sp³-hybridized carbons (Fsp3) is 0.310. The molecule has 1 unspecified atom stereocenters. The maximum atomic E-state index is 16.0. The summed E-state index contributed by atoms with van der Waals surface area (Å²) < 4.78 is 55.0. The number of allylic oxidation sites excluding steroid dienone is 1. The van der Waals surface area contributed by atoms with E-state index in [9.17, 15) is 18.3 Å². The average molecular weight is 568 g/mol. The highest BCUT2D eigenvalue weighted by Gasteiger charge is 2.48. The Bertz CT molecular complexity index is 1670. The van der Waals surface area contributed by atoms with Crippen molar-refractivity contribution in [2.24, 2.45) is 5.41 Å². The number of nitrogens with one attached hydrogen (secondary N) is 1. The molecule has 0 aliphatic carbocycles. The Hall–Kier alpha value is -4.12. The number of sulfone groups is 1. The van der Waals surface area contributed by atoms with Crippen molar-refractivity contribution in [1.82, 2.24) is 4.98 Å². The van der Waals surface area contributed by atoms with Gasteiger partial charge in [0.2, 0.25) is 0 Å². The number of hydrogen-bond acceptors (Lipinski definition) is 8. The van der Waals surface area contributed by atoms with E-state index >= 15 is 4.39 Å². The molecule has 1 atom stereocenters. The lowest BCUT2D eigenvalue weighted by Gasteiger charge is -2.37. The highest BCUT2D eigenvalue weighted by atomic mass is 32.2. The molecule has 2 aliphatic rings. The molecule has 0 spiro atoms. The number of rotatable bonds is 5. The second kappa shape index (κ2) is 9.81. The summed E-state index contributed by atoms with van der Waals surface area (Å²) in [4.78, 5) is 19.6. The molecular formula is C29H30FN3O6S. The van der Waals surface area contributed by atoms with Gasteiger partial charge in [-0.3, -0.25) is 9.69 Å². The number of phenolic OH excluding ortho intramolecular Hbond substituents is 1. The van der Waals surface area contributed by atoms with Gasteiger partial charge < -0.3 is 19.6 Å². The van der Waals surface area contributed by atoms with Crippen molar-refractivity contribution in [3.05, 3.63) is 88.4 Å². The number of amides is 1. The summed E-state index contributed by atoms with van der Waals surface area (Å²) in [6.07, 6.45) is 1.79. The average Bonchev–Trinajstić information content (AvgIpc) is 3.11. The summed E-state index contributed by atoms with van der Waals surface area (Å²) in [6, 6.07) is 7.16. The minimum Gasteiger partial charge on any atom is -0.506 e. The third-order valence-corrected chi connectivity index (χ3v) is 9.19. The van der Waals surface area contributed by atoms with Crippen LogP contribution in [0.1, 0.15) is 54.0 Å². The molecule has 2 aliphatic heterocycles. The predicted molar refractivity (Wildman–Crippen MR) is 149 cm³/mol. The van der Waals surface area contributed by atoms with E-state index in [2.05, 4.69) is 16.9 Å². The van der Waals surface area contributed by atoms with E-state index < -0.39 is 33.0 Å². The van der Waals surface area contributed by atoms with Crippen molar-refractivity contribution in [2.45, 2.75) is 40.2 Å². The summed E-state index contributed by atoms with van der Waals surface area (Å²) in [6.45, 7) is 10.5. The van der Waals surface area contributed by atoms with Gasteiger partial charge in [0.1, 0.15) is 41.4 Å². The van der Waals surface area contributed by atoms with Crippen molar-refractivity contribution in [1.29, 1.82) is 0 Å². The first-order chi connectivity index (χ1) is 18.8. The molecule has 0 bridgehead atoms. The van der Waals surface area contributed by atoms with Crippen LogP contribution in [0.15, 0.2) is 64.1 Å². The number of halogens is 1. The van der Waals surface area contributed by atoms with Gasteiger partial charge in [0.25, 0.3) is 5.91 Å². The SMILES string of the molecule is C=CCOc1ccc(C2C3=C(CC(C)(C)CS3(=O)=O)Nc3c(O)cccc3N2C(=O)c2nc(C)oc2C)c(F)c1. The third-order valence-electron chi connectivity index (χ3n) is 6.89. The third kappa shape index (κ3) is 4.74. The first kappa shape index (κ1) is 27.4. The van der Waals surface area contributed by atoms with E-state index in [0.29, 0.717) is 0 Å². The number of hydrogen-bond donors (Lipinski definition) is 2. The lowest BCUT2D eigenvalue weighted by molar-refractivity contribution is 0.0974. The molecule has 3 aromatic rings. The van der Waals surface area contributed by atoms with Crippen molar-refractivity contribution in [3.63, 3.8) is 0 Å². The molecule has 40 heavy (non-hydrogen) atoms. The van der Waals surface area contributed by atoms with E-state index in [1.165, 1.54) is 35.2 Å². The Balaban J connectivity index is 1.85. The van der Waals surface area contributed by atoms with E-state index in [4.69, 9.17) is 9.15 Å². The van der Waals surface area contributed by atoms with Gasteiger partial charge >= 0.3 is 0 Å². The number of anilines is 2. The Morgan fingerprint density at radius 3 is 2.73 bits per heavy atom. The minimum absolute atomic E-state index is 0.0549. The number of aromatic nitrogens is 1. The lowest BCUT2D eigenvalue weighted by Crippen LogP contribution is -2.41. The standard InChI is InChI=1S/C29H30FN3O6S/c1-6-12-38-18-10-11-19(20(30)13-18)26-27-21(14-29(4,5)15-40(27,36)37)32-25-22(8-7-9-23(25)34)33(26)28(35)24-16(2)39-17(3)31-24/h6-11,13,26,32,34H,1,12,14-15H2,2-5H3. The molecule has 11 heteroatoms. The fourth-order valence-electron chi connectivity index (χ4n) is 5.42. The second-order valence-corrected chi connectivity index (χ2v) is 12.7. The zero-order valence-electron chi connectivity index (χ0n) is 22.6. The molecular weight excluding hydrogens is 537 g/mol. The van der Waals surface area contributed by atoms with E-state index in [-0.39, 0.29) is 75.2 Å². The van der Waals surface area contributed by atoms with Crippen molar-refractivity contribution in [2.75, 3.05) is 22.6 Å². The van der Waals surface area contributed by atoms with Crippen LogP contribution >= 0.6 is 0 Å². The first-order valence-corrected chi connectivity index (χ1v) is 14.3. The van der Waals surface area contributed by atoms with Crippen LogP contribution in [0.2, 0.25) is 0 Å². The molecule has 0 saturated heterocycles. The number of aryl methyl sites for hydroxylation is 2. The smallest absolute Gasteiger partial charge is 0.281 e. The largest absolute Gasteiger partial charge is 0.506 e. The molecule has 0 saturated carbocycles. The Morgan fingerprint density at radius 1 is 1.32 bits per heavy atom. The number of nitrogens with zero attached hydrogens (tertiary/aromatic N) is 2. The molecule has 1 aromatic heterocycles. The van der Waals surface area contributed by atoms with Crippen LogP contribution in [-0.2, 0) is 9.84 Å². The number of ether oxygens (including phenoxy) is 1. The molecule has 5 rings (SSSR count). The van der Waals surface area contributed by atoms with Crippen LogP contribution < -0.4 is 15.0 Å². The van der Waals surface area contributed by atoms with Crippen molar-refractivity contribution < 1.29 is 31.9 Å². The summed E-state index contributed by atoms with van der Waals surface area (Å²) in [5.41, 5.74) is -0.225. The predicted octanol–water partition coefficient (Wildman–Crippen LogP) is 5.57. The number of carbonyl (C=O) groups is 1. The van der Waals surface area contributed by atoms with Crippen LogP contribution in [0, 0.1) is 25.1 Å². The van der Waals surface area contributed by atoms with Crippen LogP contribution in [0.4, 0.5) is 15.8 Å². The van der Waals surface area contributed by atoms with Crippen LogP contribution in [0.25, 0.3) is 0 Å². The lowest BCUT2D eigenvalue weighted by atomic mass is 9.88. The monoisotopic (exact) mass is 567 g/mol. The van der Waals surface area contributed by atoms with Crippen LogP contribution in [0.5, 0.6) is 11.5 Å². The van der Waals surface area contributed by atoms with E-state index in [1.807, 2.05) is 13.8 Å². The number of oxazole rings is 1. The molecule has 210 valence electrons. The molecule has 2 N–H and O–H groups in total. The number of para-hydroxylation sites is 1. The topological polar surface area (TPSA) is 122 Å². The quantitative estimate of drug-likeness (QED) is 0.303. The number of fused-ring (bicyclic) bond motifs is 1. The fourth-order valence-corrected chi connectivity index (χ4v) is 7.78. The van der Waals surface area contributed by atoms with E-state index in [1.54, 1.807) is 19.9 Å². The molecule has 1 amide bonds. The summed E-state index contributed by atoms with van der Waals surface area (Å²) >= 11 is 0. The van der Waals surface area contributed by atoms with E-state index in [0.717, 1.165) is 6.07 Å².